The van der Waals surface area contributed by atoms with Crippen LogP contribution >= 0.6 is 38.9 Å². The highest BCUT2D eigenvalue weighted by molar-refractivity contribution is 9.10. The Labute approximate surface area is 144 Å². The molecule has 1 N–H and O–H groups in total. The molecule has 2 aromatic rings. The predicted octanol–water partition coefficient (Wildman–Crippen LogP) is 5.30. The van der Waals surface area contributed by atoms with Crippen LogP contribution in [0.2, 0.25) is 5.02 Å². The van der Waals surface area contributed by atoms with Crippen molar-refractivity contribution in [3.8, 4) is 0 Å². The molecule has 2 rings (SSSR count). The van der Waals surface area contributed by atoms with Gasteiger partial charge in [-0.1, -0.05) is 24.6 Å². The van der Waals surface area contributed by atoms with Gasteiger partial charge in [-0.05, 0) is 52.7 Å². The summed E-state index contributed by atoms with van der Waals surface area (Å²) in [5, 5.41) is 6.32. The van der Waals surface area contributed by atoms with Gasteiger partial charge < -0.3 is 10.2 Å². The van der Waals surface area contributed by atoms with E-state index in [9.17, 15) is 0 Å². The van der Waals surface area contributed by atoms with Gasteiger partial charge in [0, 0.05) is 39.0 Å². The molecule has 1 aromatic carbocycles. The predicted molar refractivity (Wildman–Crippen MR) is 97.6 cm³/mol. The summed E-state index contributed by atoms with van der Waals surface area (Å²) in [6.07, 6.45) is 1.13. The molecule has 0 unspecified atom stereocenters. The summed E-state index contributed by atoms with van der Waals surface area (Å²) in [6.45, 7) is 4.90. The Balaban J connectivity index is 2.01. The van der Waals surface area contributed by atoms with E-state index in [0.717, 1.165) is 46.8 Å². The number of thiophene rings is 1. The summed E-state index contributed by atoms with van der Waals surface area (Å²) in [7, 11) is 2.09. The van der Waals surface area contributed by atoms with E-state index in [0.29, 0.717) is 0 Å². The van der Waals surface area contributed by atoms with Gasteiger partial charge in [-0.3, -0.25) is 0 Å². The number of anilines is 1. The maximum Gasteiger partial charge on any atom is 0.0519 e. The summed E-state index contributed by atoms with van der Waals surface area (Å²) >= 11 is 11.6. The second-order valence-corrected chi connectivity index (χ2v) is 7.36. The van der Waals surface area contributed by atoms with Crippen LogP contribution in [-0.2, 0) is 13.1 Å². The van der Waals surface area contributed by atoms with Gasteiger partial charge in [0.2, 0.25) is 0 Å². The number of hydrogen-bond donors (Lipinski definition) is 1. The van der Waals surface area contributed by atoms with Crippen LogP contribution in [0.1, 0.15) is 23.8 Å². The third kappa shape index (κ3) is 4.99. The van der Waals surface area contributed by atoms with E-state index in [4.69, 9.17) is 11.6 Å². The van der Waals surface area contributed by atoms with Crippen LogP contribution in [0.5, 0.6) is 0 Å². The quantitative estimate of drug-likeness (QED) is 0.648. The monoisotopic (exact) mass is 386 g/mol. The van der Waals surface area contributed by atoms with E-state index < -0.39 is 0 Å². The lowest BCUT2D eigenvalue weighted by atomic mass is 10.2. The highest BCUT2D eigenvalue weighted by atomic mass is 79.9. The van der Waals surface area contributed by atoms with Crippen LogP contribution in [0.25, 0.3) is 0 Å². The van der Waals surface area contributed by atoms with Crippen LogP contribution in [0.3, 0.4) is 0 Å². The van der Waals surface area contributed by atoms with Crippen molar-refractivity contribution < 1.29 is 0 Å². The van der Waals surface area contributed by atoms with Crippen LogP contribution in [0.4, 0.5) is 5.69 Å². The summed E-state index contributed by atoms with van der Waals surface area (Å²) in [5.74, 6) is 0. The molecule has 0 saturated heterocycles. The number of nitrogens with one attached hydrogen (secondary N) is 1. The van der Waals surface area contributed by atoms with Crippen LogP contribution < -0.4 is 10.2 Å². The molecule has 2 nitrogen and oxygen atoms in total. The van der Waals surface area contributed by atoms with Gasteiger partial charge in [0.1, 0.15) is 0 Å². The molecule has 0 bridgehead atoms. The minimum atomic E-state index is 0.828. The Hall–Kier alpha value is -0.550. The largest absolute Gasteiger partial charge is 0.369 e. The van der Waals surface area contributed by atoms with Crippen molar-refractivity contribution >= 4 is 44.6 Å². The molecule has 0 saturated carbocycles. The minimum Gasteiger partial charge on any atom is -0.369 e. The van der Waals surface area contributed by atoms with Crippen molar-refractivity contribution in [2.75, 3.05) is 18.5 Å². The zero-order valence-electron chi connectivity index (χ0n) is 12.3. The number of hydrogen-bond acceptors (Lipinski definition) is 3. The highest BCUT2D eigenvalue weighted by Gasteiger charge is 2.07. The standard InChI is InChI=1S/C16H20BrClN2S/c1-3-6-19-9-12-4-5-14(8-16(12)18)20(2)10-15-7-13(17)11-21-15/h4-5,7-8,11,19H,3,6,9-10H2,1-2H3. The Morgan fingerprint density at radius 3 is 2.76 bits per heavy atom. The first-order chi connectivity index (χ1) is 10.1. The molecular formula is C16H20BrClN2S. The van der Waals surface area contributed by atoms with Gasteiger partial charge in [0.25, 0.3) is 0 Å². The summed E-state index contributed by atoms with van der Waals surface area (Å²) < 4.78 is 1.14. The number of nitrogens with zero attached hydrogens (tertiary/aromatic N) is 1. The zero-order chi connectivity index (χ0) is 15.2. The molecular weight excluding hydrogens is 368 g/mol. The molecule has 0 aliphatic rings. The van der Waals surface area contributed by atoms with E-state index in [1.165, 1.54) is 4.88 Å². The normalized spacial score (nSPS) is 10.9. The number of benzene rings is 1. The van der Waals surface area contributed by atoms with Gasteiger partial charge in [0.05, 0.1) is 6.54 Å². The Bertz CT molecular complexity index is 585. The minimum absolute atomic E-state index is 0.828. The Morgan fingerprint density at radius 1 is 1.33 bits per heavy atom. The van der Waals surface area contributed by atoms with Crippen LogP contribution in [-0.4, -0.2) is 13.6 Å². The van der Waals surface area contributed by atoms with Gasteiger partial charge in [-0.25, -0.2) is 0 Å². The fourth-order valence-electron chi connectivity index (χ4n) is 2.08. The number of rotatable bonds is 7. The zero-order valence-corrected chi connectivity index (χ0v) is 15.5. The first-order valence-electron chi connectivity index (χ1n) is 7.03. The summed E-state index contributed by atoms with van der Waals surface area (Å²) in [4.78, 5) is 3.54. The fraction of sp³-hybridized carbons (Fsp3) is 0.375. The van der Waals surface area contributed by atoms with Crippen molar-refractivity contribution in [2.45, 2.75) is 26.4 Å². The Kier molecular flexibility index (Phi) is 6.55. The van der Waals surface area contributed by atoms with Gasteiger partial charge in [-0.2, -0.15) is 0 Å². The second-order valence-electron chi connectivity index (χ2n) is 5.04. The third-order valence-electron chi connectivity index (χ3n) is 3.23. The SMILES string of the molecule is CCCNCc1ccc(N(C)Cc2cc(Br)cs2)cc1Cl. The van der Waals surface area contributed by atoms with Crippen molar-refractivity contribution in [2.24, 2.45) is 0 Å². The van der Waals surface area contributed by atoms with E-state index in [1.54, 1.807) is 11.3 Å². The molecule has 0 fully saturated rings. The lowest BCUT2D eigenvalue weighted by Crippen LogP contribution is -2.17. The van der Waals surface area contributed by atoms with Crippen LogP contribution in [0.15, 0.2) is 34.1 Å². The van der Waals surface area contributed by atoms with E-state index in [-0.39, 0.29) is 0 Å². The highest BCUT2D eigenvalue weighted by Crippen LogP contribution is 2.26. The molecule has 0 amide bonds. The van der Waals surface area contributed by atoms with Crippen molar-refractivity contribution in [3.63, 3.8) is 0 Å². The molecule has 0 aliphatic carbocycles. The van der Waals surface area contributed by atoms with E-state index in [2.05, 4.69) is 63.7 Å². The van der Waals surface area contributed by atoms with E-state index >= 15 is 0 Å². The molecule has 21 heavy (non-hydrogen) atoms. The molecule has 0 spiro atoms. The average molecular weight is 388 g/mol. The van der Waals surface area contributed by atoms with Gasteiger partial charge in [-0.15, -0.1) is 11.3 Å². The smallest absolute Gasteiger partial charge is 0.0519 e. The first kappa shape index (κ1) is 16.8. The second kappa shape index (κ2) is 8.18. The van der Waals surface area contributed by atoms with E-state index in [1.807, 2.05) is 6.07 Å². The molecule has 5 heteroatoms. The Morgan fingerprint density at radius 2 is 2.14 bits per heavy atom. The molecule has 0 radical (unpaired) electrons. The third-order valence-corrected chi connectivity index (χ3v) is 5.27. The molecule has 0 aliphatic heterocycles. The maximum absolute atomic E-state index is 6.39. The van der Waals surface area contributed by atoms with Crippen molar-refractivity contribution in [1.29, 1.82) is 0 Å². The van der Waals surface area contributed by atoms with Crippen molar-refractivity contribution in [1.82, 2.24) is 5.32 Å². The lowest BCUT2D eigenvalue weighted by Gasteiger charge is -2.19. The maximum atomic E-state index is 6.39. The average Bonchev–Trinajstić information content (AvgIpc) is 2.86. The molecule has 1 aromatic heterocycles. The first-order valence-corrected chi connectivity index (χ1v) is 9.08. The van der Waals surface area contributed by atoms with Gasteiger partial charge >= 0.3 is 0 Å². The molecule has 1 heterocycles. The number of halogens is 2. The fourth-order valence-corrected chi connectivity index (χ4v) is 3.82. The summed E-state index contributed by atoms with van der Waals surface area (Å²) in [5.41, 5.74) is 2.30. The summed E-state index contributed by atoms with van der Waals surface area (Å²) in [6, 6.07) is 8.46. The molecule has 114 valence electrons. The van der Waals surface area contributed by atoms with Crippen molar-refractivity contribution in [3.05, 3.63) is 49.6 Å². The van der Waals surface area contributed by atoms with Crippen LogP contribution in [0, 0.1) is 0 Å². The lowest BCUT2D eigenvalue weighted by molar-refractivity contribution is 0.675. The van der Waals surface area contributed by atoms with Gasteiger partial charge in [0.15, 0.2) is 0 Å². The molecule has 0 atom stereocenters. The topological polar surface area (TPSA) is 15.3 Å².